The van der Waals surface area contributed by atoms with Crippen molar-refractivity contribution in [3.05, 3.63) is 51.5 Å². The molecule has 0 saturated carbocycles. The summed E-state index contributed by atoms with van der Waals surface area (Å²) >= 11 is 9.99. The van der Waals surface area contributed by atoms with Crippen LogP contribution in [-0.2, 0) is 15.7 Å². The molecule has 2 aromatic rings. The number of unbranched alkanes of at least 4 members (excludes halogenated alkanes) is 1. The number of carbonyl (C=O) groups excluding carboxylic acids is 1. The average Bonchev–Trinajstić information content (AvgIpc) is 3.27. The zero-order chi connectivity index (χ0) is 22.9. The molecule has 1 atom stereocenters. The number of methoxy groups -OCH3 is 1. The van der Waals surface area contributed by atoms with Crippen LogP contribution in [0.2, 0.25) is 5.02 Å². The molecule has 4 rings (SSSR count). The van der Waals surface area contributed by atoms with E-state index in [0.717, 1.165) is 42.5 Å². The Morgan fingerprint density at radius 1 is 1.29 bits per heavy atom. The highest BCUT2D eigenvalue weighted by atomic mass is 35.5. The van der Waals surface area contributed by atoms with Crippen molar-refractivity contribution in [3.8, 4) is 16.8 Å². The molecule has 0 N–H and O–H groups in total. The minimum atomic E-state index is -4.49. The third-order valence-corrected chi connectivity index (χ3v) is 5.50. The summed E-state index contributed by atoms with van der Waals surface area (Å²) in [5.41, 5.74) is 2.06. The molecule has 0 aliphatic heterocycles. The zero-order valence-electron chi connectivity index (χ0n) is 16.6. The van der Waals surface area contributed by atoms with Crippen LogP contribution in [0.5, 0.6) is 0 Å². The van der Waals surface area contributed by atoms with Gasteiger partial charge in [0, 0.05) is 5.56 Å². The summed E-state index contributed by atoms with van der Waals surface area (Å²) in [6, 6.07) is 6.42. The number of benzene rings is 2. The number of ether oxygens (including phenoxy) is 1. The van der Waals surface area contributed by atoms with Gasteiger partial charge in [-0.25, -0.2) is 9.36 Å². The fraction of sp³-hybridized carbons (Fsp3) is 0.333. The van der Waals surface area contributed by atoms with Crippen LogP contribution < -0.4 is 5.76 Å². The lowest BCUT2D eigenvalue weighted by molar-refractivity contribution is -0.140. The standard InChI is InChI=1S/C14H5ClF3NO2.C7H14O2S/c15-9-5-7(14(16,17)18)1-2-10(9)19-12-8-3-6(8)4-11(12)21-13(19)20;1-3-4-5-6(10)7(8)9-2/h1-5H;6,10H,3-5H2,1-2H3. The molecule has 0 spiro atoms. The maximum atomic E-state index is 12.6. The van der Waals surface area contributed by atoms with Gasteiger partial charge in [-0.15, -0.1) is 0 Å². The number of carbonyl (C=O) groups is 1. The number of nitrogens with zero attached hydrogens (tertiary/aromatic N) is 1. The highest BCUT2D eigenvalue weighted by Gasteiger charge is 2.32. The molecule has 1 heterocycles. The van der Waals surface area contributed by atoms with Gasteiger partial charge in [-0.1, -0.05) is 31.4 Å². The molecule has 0 saturated heterocycles. The maximum absolute atomic E-state index is 12.6. The number of hydrogen-bond donors (Lipinski definition) is 1. The number of fused-ring (bicyclic) bond motifs is 3. The maximum Gasteiger partial charge on any atom is 0.424 e. The van der Waals surface area contributed by atoms with Gasteiger partial charge in [0.15, 0.2) is 5.58 Å². The van der Waals surface area contributed by atoms with Gasteiger partial charge in [0.2, 0.25) is 0 Å². The van der Waals surface area contributed by atoms with Crippen LogP contribution in [0, 0.1) is 0 Å². The second kappa shape index (κ2) is 9.00. The molecule has 0 amide bonds. The molecule has 0 radical (unpaired) electrons. The van der Waals surface area contributed by atoms with Crippen molar-refractivity contribution in [1.82, 2.24) is 4.57 Å². The predicted molar refractivity (Wildman–Crippen MR) is 115 cm³/mol. The third-order valence-electron chi connectivity index (χ3n) is 4.73. The van der Waals surface area contributed by atoms with E-state index in [1.807, 2.05) is 6.07 Å². The molecule has 2 aliphatic rings. The van der Waals surface area contributed by atoms with Crippen LogP contribution in [0.1, 0.15) is 31.7 Å². The number of thiol groups is 1. The van der Waals surface area contributed by atoms with Gasteiger partial charge in [0.05, 0.1) is 28.6 Å². The van der Waals surface area contributed by atoms with Crippen LogP contribution in [0.3, 0.4) is 0 Å². The topological polar surface area (TPSA) is 61.4 Å². The van der Waals surface area contributed by atoms with Gasteiger partial charge in [-0.05, 0) is 42.3 Å². The van der Waals surface area contributed by atoms with Crippen LogP contribution in [-0.4, -0.2) is 22.9 Å². The van der Waals surface area contributed by atoms with Crippen LogP contribution in [0.4, 0.5) is 13.2 Å². The molecular weight excluding hydrogens is 455 g/mol. The number of alkyl halides is 3. The molecule has 2 aliphatic carbocycles. The fourth-order valence-corrected chi connectivity index (χ4v) is 3.61. The lowest BCUT2D eigenvalue weighted by Crippen LogP contribution is -2.15. The van der Waals surface area contributed by atoms with E-state index in [9.17, 15) is 22.8 Å². The average molecular weight is 474 g/mol. The van der Waals surface area contributed by atoms with Crippen molar-refractivity contribution in [2.24, 2.45) is 0 Å². The minimum Gasteiger partial charge on any atom is -0.468 e. The number of rotatable bonds is 5. The molecule has 0 bridgehead atoms. The van der Waals surface area contributed by atoms with Crippen molar-refractivity contribution in [3.63, 3.8) is 0 Å². The largest absolute Gasteiger partial charge is 0.468 e. The number of hydrogen-bond acceptors (Lipinski definition) is 5. The number of aromatic nitrogens is 1. The van der Waals surface area contributed by atoms with Gasteiger partial charge in [-0.2, -0.15) is 25.8 Å². The number of oxazole rings is 1. The normalized spacial score (nSPS) is 12.9. The predicted octanol–water partition coefficient (Wildman–Crippen LogP) is 5.88. The summed E-state index contributed by atoms with van der Waals surface area (Å²) < 4.78 is 48.7. The Bertz CT molecular complexity index is 1190. The first-order valence-corrected chi connectivity index (χ1v) is 10.3. The SMILES string of the molecule is CCCCC(S)C(=O)OC.O=c1oc2cc3cc-3c2n1-c1ccc(C(F)(F)F)cc1Cl. The first-order valence-electron chi connectivity index (χ1n) is 9.41. The minimum absolute atomic E-state index is 0.162. The lowest BCUT2D eigenvalue weighted by Gasteiger charge is -2.10. The summed E-state index contributed by atoms with van der Waals surface area (Å²) in [6.45, 7) is 2.08. The van der Waals surface area contributed by atoms with E-state index in [2.05, 4.69) is 24.3 Å². The Morgan fingerprint density at radius 2 is 2.00 bits per heavy atom. The molecule has 1 aromatic carbocycles. The molecule has 5 nitrogen and oxygen atoms in total. The molecule has 166 valence electrons. The summed E-state index contributed by atoms with van der Waals surface area (Å²) in [4.78, 5) is 22.6. The van der Waals surface area contributed by atoms with Gasteiger partial charge < -0.3 is 9.15 Å². The van der Waals surface area contributed by atoms with E-state index < -0.39 is 17.5 Å². The van der Waals surface area contributed by atoms with Gasteiger partial charge >= 0.3 is 17.9 Å². The fourth-order valence-electron chi connectivity index (χ4n) is 3.06. The molecule has 0 fully saturated rings. The highest BCUT2D eigenvalue weighted by molar-refractivity contribution is 7.81. The number of halogens is 4. The van der Waals surface area contributed by atoms with Gasteiger partial charge in [0.25, 0.3) is 0 Å². The van der Waals surface area contributed by atoms with Gasteiger partial charge in [0.1, 0.15) is 5.52 Å². The molecule has 31 heavy (non-hydrogen) atoms. The van der Waals surface area contributed by atoms with Crippen LogP contribution >= 0.6 is 24.2 Å². The van der Waals surface area contributed by atoms with Crippen molar-refractivity contribution in [2.45, 2.75) is 37.6 Å². The smallest absolute Gasteiger partial charge is 0.424 e. The summed E-state index contributed by atoms with van der Waals surface area (Å²) in [7, 11) is 1.39. The van der Waals surface area contributed by atoms with E-state index in [4.69, 9.17) is 16.0 Å². The first-order chi connectivity index (χ1) is 14.6. The molecular formula is C21H19ClF3NO4S. The van der Waals surface area contributed by atoms with Crippen molar-refractivity contribution >= 4 is 41.3 Å². The summed E-state index contributed by atoms with van der Waals surface area (Å²) in [6.07, 6.45) is -1.55. The Balaban J connectivity index is 0.000000233. The second-order valence-electron chi connectivity index (χ2n) is 6.92. The third kappa shape index (κ3) is 4.93. The Kier molecular flexibility index (Phi) is 6.76. The van der Waals surface area contributed by atoms with Crippen LogP contribution in [0.25, 0.3) is 27.9 Å². The Hall–Kier alpha value is -2.39. The molecule has 10 heteroatoms. The highest BCUT2D eigenvalue weighted by Crippen LogP contribution is 2.44. The summed E-state index contributed by atoms with van der Waals surface area (Å²) in [5.74, 6) is -0.901. The van der Waals surface area contributed by atoms with Gasteiger partial charge in [-0.3, -0.25) is 4.79 Å². The monoisotopic (exact) mass is 473 g/mol. The van der Waals surface area contributed by atoms with Crippen molar-refractivity contribution < 1.29 is 27.1 Å². The summed E-state index contributed by atoms with van der Waals surface area (Å²) in [5, 5.41) is -0.393. The molecule has 1 aromatic heterocycles. The Morgan fingerprint density at radius 3 is 2.58 bits per heavy atom. The van der Waals surface area contributed by atoms with E-state index in [1.165, 1.54) is 17.7 Å². The van der Waals surface area contributed by atoms with E-state index in [-0.39, 0.29) is 21.9 Å². The van der Waals surface area contributed by atoms with E-state index in [0.29, 0.717) is 11.1 Å². The number of esters is 1. The first kappa shape index (κ1) is 23.3. The van der Waals surface area contributed by atoms with E-state index >= 15 is 0 Å². The van der Waals surface area contributed by atoms with E-state index in [1.54, 1.807) is 6.07 Å². The molecule has 1 unspecified atom stereocenters. The quantitative estimate of drug-likeness (QED) is 0.290. The lowest BCUT2D eigenvalue weighted by atomic mass is 10.2. The zero-order valence-corrected chi connectivity index (χ0v) is 18.3. The van der Waals surface area contributed by atoms with Crippen LogP contribution in [0.15, 0.2) is 39.5 Å². The van der Waals surface area contributed by atoms with Crippen molar-refractivity contribution in [2.75, 3.05) is 7.11 Å². The Labute approximate surface area is 186 Å². The van der Waals surface area contributed by atoms with Crippen molar-refractivity contribution in [1.29, 1.82) is 0 Å². The second-order valence-corrected chi connectivity index (χ2v) is 7.95.